The first-order valence-electron chi connectivity index (χ1n) is 16.1. The van der Waals surface area contributed by atoms with Gasteiger partial charge in [0, 0.05) is 21.2 Å². The monoisotopic (exact) mass is 644 g/mol. The number of hydrogen-bond donors (Lipinski definition) is 0. The lowest BCUT2D eigenvalue weighted by molar-refractivity contribution is 0.655. The van der Waals surface area contributed by atoms with E-state index in [1.165, 1.54) is 72.3 Å². The summed E-state index contributed by atoms with van der Waals surface area (Å²) in [5.74, 6) is 0.235. The van der Waals surface area contributed by atoms with Crippen molar-refractivity contribution >= 4 is 15.9 Å². The average molecular weight is 646 g/mol. The normalized spacial score (nSPS) is 15.6. The summed E-state index contributed by atoms with van der Waals surface area (Å²) >= 11 is 3.58. The maximum absolute atomic E-state index is 3.58. The van der Waals surface area contributed by atoms with Crippen LogP contribution < -0.4 is 0 Å². The predicted octanol–water partition coefficient (Wildman–Crippen LogP) is 12.1. The fourth-order valence-corrected chi connectivity index (χ4v) is 8.30. The van der Waals surface area contributed by atoms with Crippen LogP contribution >= 0.6 is 15.9 Å². The van der Waals surface area contributed by atoms with E-state index in [1.54, 1.807) is 0 Å². The van der Waals surface area contributed by atoms with E-state index < -0.39 is 0 Å². The Kier molecular flexibility index (Phi) is 6.55. The van der Waals surface area contributed by atoms with Crippen molar-refractivity contribution in [3.63, 3.8) is 0 Å². The van der Waals surface area contributed by atoms with Crippen molar-refractivity contribution in [2.45, 2.75) is 50.9 Å². The molecule has 1 unspecified atom stereocenters. The van der Waals surface area contributed by atoms with Gasteiger partial charge in [-0.05, 0) is 90.9 Å². The SMILES string of the molecule is CC1(C)c2ccccc2-c2ccc(CC(c3ccc(-c4ccc(Br)cc4)cc3)c3ccc4c(c3)C(C)(C)c3ccccc3-4)cc21. The standard InChI is InChI=1S/C44H37Br/c1-43(2)39-11-7-5-9-34(39)36-23-13-28(26-41(36)43)25-38(31-16-14-29(15-17-31)30-18-21-33(45)22-19-30)32-20-24-37-35-10-6-8-12-40(35)44(3,4)42(37)27-32/h5-24,26-27,38H,25H2,1-4H3. The zero-order valence-corrected chi connectivity index (χ0v) is 28.0. The minimum atomic E-state index is -0.0265. The number of rotatable bonds is 5. The topological polar surface area (TPSA) is 0 Å². The highest BCUT2D eigenvalue weighted by Crippen LogP contribution is 2.51. The lowest BCUT2D eigenvalue weighted by Crippen LogP contribution is -2.16. The van der Waals surface area contributed by atoms with Crippen molar-refractivity contribution in [2.75, 3.05) is 0 Å². The van der Waals surface area contributed by atoms with Gasteiger partial charge in [0.2, 0.25) is 0 Å². The summed E-state index contributed by atoms with van der Waals surface area (Å²) in [4.78, 5) is 0. The summed E-state index contributed by atoms with van der Waals surface area (Å²) in [5, 5.41) is 0. The van der Waals surface area contributed by atoms with Crippen LogP contribution in [0.4, 0.5) is 0 Å². The van der Waals surface area contributed by atoms with Crippen LogP contribution in [0.2, 0.25) is 0 Å². The predicted molar refractivity (Wildman–Crippen MR) is 193 cm³/mol. The molecule has 0 N–H and O–H groups in total. The van der Waals surface area contributed by atoms with Gasteiger partial charge in [-0.3, -0.25) is 0 Å². The van der Waals surface area contributed by atoms with E-state index in [0.29, 0.717) is 0 Å². The molecule has 2 aliphatic rings. The molecule has 0 bridgehead atoms. The third-order valence-corrected chi connectivity index (χ3v) is 11.1. The molecule has 1 atom stereocenters. The summed E-state index contributed by atoms with van der Waals surface area (Å²) in [6.07, 6.45) is 0.948. The van der Waals surface area contributed by atoms with E-state index in [1.807, 2.05) is 0 Å². The summed E-state index contributed by atoms with van der Waals surface area (Å²) in [5.41, 5.74) is 17.8. The molecule has 0 radical (unpaired) electrons. The Balaban J connectivity index is 1.22. The minimum Gasteiger partial charge on any atom is -0.0619 e. The zero-order chi connectivity index (χ0) is 30.9. The van der Waals surface area contributed by atoms with E-state index in [2.05, 4.69) is 177 Å². The van der Waals surface area contributed by atoms with Gasteiger partial charge in [0.25, 0.3) is 0 Å². The van der Waals surface area contributed by atoms with Crippen molar-refractivity contribution in [3.05, 3.63) is 177 Å². The molecule has 45 heavy (non-hydrogen) atoms. The molecule has 0 aromatic heterocycles. The third-order valence-electron chi connectivity index (χ3n) is 10.6. The Morgan fingerprint density at radius 1 is 0.467 bits per heavy atom. The molecule has 2 aliphatic carbocycles. The number of benzene rings is 6. The number of fused-ring (bicyclic) bond motifs is 6. The van der Waals surface area contributed by atoms with Crippen LogP contribution in [-0.4, -0.2) is 0 Å². The van der Waals surface area contributed by atoms with E-state index in [-0.39, 0.29) is 16.7 Å². The van der Waals surface area contributed by atoms with Crippen LogP contribution in [0, 0.1) is 0 Å². The van der Waals surface area contributed by atoms with Crippen LogP contribution in [-0.2, 0) is 17.3 Å². The first-order valence-corrected chi connectivity index (χ1v) is 16.8. The van der Waals surface area contributed by atoms with Crippen molar-refractivity contribution in [1.29, 1.82) is 0 Å². The highest BCUT2D eigenvalue weighted by molar-refractivity contribution is 9.10. The molecule has 0 nitrogen and oxygen atoms in total. The van der Waals surface area contributed by atoms with E-state index >= 15 is 0 Å². The van der Waals surface area contributed by atoms with Gasteiger partial charge < -0.3 is 0 Å². The van der Waals surface area contributed by atoms with Crippen LogP contribution in [0.15, 0.2) is 138 Å². The Hall–Kier alpha value is -4.20. The maximum atomic E-state index is 3.58. The molecule has 6 aromatic rings. The second-order valence-electron chi connectivity index (χ2n) is 13.9. The molecule has 0 aliphatic heterocycles. The average Bonchev–Trinajstić information content (AvgIpc) is 3.43. The Morgan fingerprint density at radius 2 is 0.933 bits per heavy atom. The number of hydrogen-bond acceptors (Lipinski definition) is 0. The summed E-state index contributed by atoms with van der Waals surface area (Å²) in [6.45, 7) is 9.51. The van der Waals surface area contributed by atoms with Gasteiger partial charge in [-0.25, -0.2) is 0 Å². The second-order valence-corrected chi connectivity index (χ2v) is 14.8. The smallest absolute Gasteiger partial charge is 0.0175 e. The largest absolute Gasteiger partial charge is 0.0619 e. The van der Waals surface area contributed by atoms with Gasteiger partial charge in [-0.2, -0.15) is 0 Å². The fraction of sp³-hybridized carbons (Fsp3) is 0.182. The molecule has 0 saturated carbocycles. The molecule has 0 amide bonds. The summed E-state index contributed by atoms with van der Waals surface area (Å²) < 4.78 is 1.10. The molecular weight excluding hydrogens is 608 g/mol. The Morgan fingerprint density at radius 3 is 1.53 bits per heavy atom. The summed E-state index contributed by atoms with van der Waals surface area (Å²) in [7, 11) is 0. The maximum Gasteiger partial charge on any atom is 0.0175 e. The van der Waals surface area contributed by atoms with Crippen LogP contribution in [0.5, 0.6) is 0 Å². The lowest BCUT2D eigenvalue weighted by atomic mass is 9.78. The Bertz CT molecular complexity index is 2080. The molecule has 1 heteroatoms. The fourth-order valence-electron chi connectivity index (χ4n) is 8.03. The van der Waals surface area contributed by atoms with Crippen molar-refractivity contribution in [3.8, 4) is 33.4 Å². The van der Waals surface area contributed by atoms with Gasteiger partial charge >= 0.3 is 0 Å². The minimum absolute atomic E-state index is 0.00682. The van der Waals surface area contributed by atoms with E-state index in [9.17, 15) is 0 Å². The molecule has 0 fully saturated rings. The van der Waals surface area contributed by atoms with Crippen LogP contribution in [0.25, 0.3) is 33.4 Å². The van der Waals surface area contributed by atoms with Crippen molar-refractivity contribution in [2.24, 2.45) is 0 Å². The van der Waals surface area contributed by atoms with Gasteiger partial charge in [0.05, 0.1) is 0 Å². The van der Waals surface area contributed by atoms with Crippen molar-refractivity contribution in [1.82, 2.24) is 0 Å². The highest BCUT2D eigenvalue weighted by Gasteiger charge is 2.37. The van der Waals surface area contributed by atoms with Crippen LogP contribution in [0.1, 0.15) is 72.6 Å². The van der Waals surface area contributed by atoms with Gasteiger partial charge in [0.15, 0.2) is 0 Å². The summed E-state index contributed by atoms with van der Waals surface area (Å²) in [6, 6.07) is 50.2. The number of halogens is 1. The van der Waals surface area contributed by atoms with Gasteiger partial charge in [-0.15, -0.1) is 0 Å². The molecule has 0 heterocycles. The highest BCUT2D eigenvalue weighted by atomic mass is 79.9. The Labute approximate surface area is 275 Å². The molecule has 0 spiro atoms. The molecule has 8 rings (SSSR count). The second kappa shape index (κ2) is 10.4. The lowest BCUT2D eigenvalue weighted by Gasteiger charge is -2.25. The van der Waals surface area contributed by atoms with Crippen molar-refractivity contribution < 1.29 is 0 Å². The van der Waals surface area contributed by atoms with Crippen LogP contribution in [0.3, 0.4) is 0 Å². The van der Waals surface area contributed by atoms with E-state index in [0.717, 1.165) is 10.9 Å². The quantitative estimate of drug-likeness (QED) is 0.175. The third kappa shape index (κ3) is 4.55. The molecular formula is C44H37Br. The first kappa shape index (κ1) is 28.3. The zero-order valence-electron chi connectivity index (χ0n) is 26.4. The van der Waals surface area contributed by atoms with Gasteiger partial charge in [-0.1, -0.05) is 165 Å². The molecule has 220 valence electrons. The van der Waals surface area contributed by atoms with Gasteiger partial charge in [0.1, 0.15) is 0 Å². The molecule has 6 aromatic carbocycles. The molecule has 0 saturated heterocycles. The van der Waals surface area contributed by atoms with E-state index in [4.69, 9.17) is 0 Å². The first-order chi connectivity index (χ1) is 21.7.